The Bertz CT molecular complexity index is 943. The van der Waals surface area contributed by atoms with Crippen LogP contribution in [0.5, 0.6) is 0 Å². The van der Waals surface area contributed by atoms with Crippen molar-refractivity contribution in [1.82, 2.24) is 4.98 Å². The number of hydrogen-bond acceptors (Lipinski definition) is 4. The Morgan fingerprint density at radius 3 is 2.81 bits per heavy atom. The zero-order chi connectivity index (χ0) is 18.5. The molecule has 0 saturated heterocycles. The maximum atomic E-state index is 13.1. The van der Waals surface area contributed by atoms with Gasteiger partial charge in [-0.1, -0.05) is 35.9 Å². The van der Waals surface area contributed by atoms with Gasteiger partial charge in [-0.3, -0.25) is 0 Å². The van der Waals surface area contributed by atoms with Gasteiger partial charge in [0.1, 0.15) is 17.8 Å². The van der Waals surface area contributed by atoms with Gasteiger partial charge < -0.3 is 9.47 Å². The van der Waals surface area contributed by atoms with Crippen molar-refractivity contribution < 1.29 is 13.9 Å². The summed E-state index contributed by atoms with van der Waals surface area (Å²) in [5.41, 5.74) is 3.12. The first-order valence-corrected chi connectivity index (χ1v) is 8.89. The SMILES string of the molecule is Fc1ccc(-c2ccnc(N=C3COC=C(CC4=CC=CCC4)O3)c2)cc1. The molecule has 1 aliphatic heterocycles. The van der Waals surface area contributed by atoms with Gasteiger partial charge in [0.2, 0.25) is 5.90 Å². The van der Waals surface area contributed by atoms with Crippen LogP contribution in [0, 0.1) is 5.82 Å². The second-order valence-corrected chi connectivity index (χ2v) is 6.38. The summed E-state index contributed by atoms with van der Waals surface area (Å²) in [4.78, 5) is 8.76. The van der Waals surface area contributed by atoms with E-state index in [1.165, 1.54) is 17.7 Å². The summed E-state index contributed by atoms with van der Waals surface area (Å²) >= 11 is 0. The number of pyridine rings is 1. The molecule has 0 amide bonds. The predicted octanol–water partition coefficient (Wildman–Crippen LogP) is 5.47. The molecule has 0 fully saturated rings. The van der Waals surface area contributed by atoms with E-state index in [1.54, 1.807) is 24.6 Å². The Balaban J connectivity index is 1.49. The molecule has 1 aliphatic carbocycles. The molecule has 0 N–H and O–H groups in total. The molecule has 2 aromatic rings. The van der Waals surface area contributed by atoms with E-state index in [9.17, 15) is 4.39 Å². The van der Waals surface area contributed by atoms with Gasteiger partial charge >= 0.3 is 0 Å². The highest BCUT2D eigenvalue weighted by Crippen LogP contribution is 2.25. The van der Waals surface area contributed by atoms with Crippen LogP contribution < -0.4 is 0 Å². The normalized spacial score (nSPS) is 17.7. The lowest BCUT2D eigenvalue weighted by atomic mass is 10.0. The van der Waals surface area contributed by atoms with Crippen LogP contribution in [-0.2, 0) is 9.47 Å². The van der Waals surface area contributed by atoms with E-state index >= 15 is 0 Å². The van der Waals surface area contributed by atoms with E-state index in [4.69, 9.17) is 9.47 Å². The quantitative estimate of drug-likeness (QED) is 0.724. The van der Waals surface area contributed by atoms with Crippen LogP contribution in [-0.4, -0.2) is 17.5 Å². The fourth-order valence-corrected chi connectivity index (χ4v) is 3.00. The van der Waals surface area contributed by atoms with Crippen molar-refractivity contribution in [3.05, 3.63) is 84.2 Å². The molecule has 5 heteroatoms. The van der Waals surface area contributed by atoms with E-state index < -0.39 is 0 Å². The lowest BCUT2D eigenvalue weighted by Gasteiger charge is -2.18. The highest BCUT2D eigenvalue weighted by molar-refractivity contribution is 5.82. The van der Waals surface area contributed by atoms with Gasteiger partial charge in [-0.15, -0.1) is 0 Å². The molecule has 0 atom stereocenters. The number of benzene rings is 1. The Morgan fingerprint density at radius 2 is 2.00 bits per heavy atom. The van der Waals surface area contributed by atoms with Crippen molar-refractivity contribution in [3.63, 3.8) is 0 Å². The zero-order valence-electron chi connectivity index (χ0n) is 14.8. The maximum Gasteiger partial charge on any atom is 0.234 e. The maximum absolute atomic E-state index is 13.1. The highest BCUT2D eigenvalue weighted by atomic mass is 19.1. The number of nitrogens with zero attached hydrogens (tertiary/aromatic N) is 2. The Hall–Kier alpha value is -3.21. The fraction of sp³-hybridized carbons (Fsp3) is 0.182. The number of rotatable bonds is 4. The molecular weight excluding hydrogens is 343 g/mol. The van der Waals surface area contributed by atoms with Gasteiger partial charge in [0.15, 0.2) is 12.4 Å². The number of ether oxygens (including phenoxy) is 2. The minimum Gasteiger partial charge on any atom is -0.488 e. The van der Waals surface area contributed by atoms with Crippen molar-refractivity contribution >= 4 is 11.7 Å². The largest absolute Gasteiger partial charge is 0.488 e. The molecule has 2 aliphatic rings. The molecule has 4 rings (SSSR count). The van der Waals surface area contributed by atoms with Crippen molar-refractivity contribution in [2.75, 3.05) is 6.61 Å². The number of allylic oxidation sites excluding steroid dienone is 4. The first-order valence-electron chi connectivity index (χ1n) is 8.89. The topological polar surface area (TPSA) is 43.7 Å². The van der Waals surface area contributed by atoms with Gasteiger partial charge in [0, 0.05) is 12.6 Å². The van der Waals surface area contributed by atoms with Crippen LogP contribution in [0.4, 0.5) is 10.2 Å². The summed E-state index contributed by atoms with van der Waals surface area (Å²) in [5.74, 6) is 1.49. The van der Waals surface area contributed by atoms with Crippen LogP contribution >= 0.6 is 0 Å². The smallest absolute Gasteiger partial charge is 0.234 e. The third-order valence-electron chi connectivity index (χ3n) is 4.33. The van der Waals surface area contributed by atoms with Gasteiger partial charge in [-0.05, 0) is 48.2 Å². The number of aromatic nitrogens is 1. The van der Waals surface area contributed by atoms with Crippen molar-refractivity contribution in [2.45, 2.75) is 19.3 Å². The van der Waals surface area contributed by atoms with E-state index in [1.807, 2.05) is 12.1 Å². The van der Waals surface area contributed by atoms with Gasteiger partial charge in [-0.2, -0.15) is 4.99 Å². The molecule has 136 valence electrons. The van der Waals surface area contributed by atoms with Crippen molar-refractivity contribution in [3.8, 4) is 11.1 Å². The van der Waals surface area contributed by atoms with Gasteiger partial charge in [-0.25, -0.2) is 9.37 Å². The van der Waals surface area contributed by atoms with Gasteiger partial charge in [0.05, 0.1) is 0 Å². The van der Waals surface area contributed by atoms with Crippen LogP contribution in [0.15, 0.2) is 83.4 Å². The van der Waals surface area contributed by atoms with Crippen LogP contribution in [0.3, 0.4) is 0 Å². The lowest BCUT2D eigenvalue weighted by molar-refractivity contribution is 0.211. The van der Waals surface area contributed by atoms with E-state index in [-0.39, 0.29) is 12.4 Å². The first kappa shape index (κ1) is 17.2. The zero-order valence-corrected chi connectivity index (χ0v) is 14.8. The summed E-state index contributed by atoms with van der Waals surface area (Å²) in [6.45, 7) is 0.269. The monoisotopic (exact) mass is 362 g/mol. The molecule has 0 unspecified atom stereocenters. The van der Waals surface area contributed by atoms with Crippen molar-refractivity contribution in [2.24, 2.45) is 4.99 Å². The predicted molar refractivity (Wildman–Crippen MR) is 103 cm³/mol. The number of halogens is 1. The Morgan fingerprint density at radius 1 is 1.11 bits per heavy atom. The third kappa shape index (κ3) is 4.50. The molecule has 27 heavy (non-hydrogen) atoms. The first-order chi connectivity index (χ1) is 13.3. The fourth-order valence-electron chi connectivity index (χ4n) is 3.00. The third-order valence-corrected chi connectivity index (χ3v) is 4.33. The molecule has 2 heterocycles. The van der Waals surface area contributed by atoms with E-state index in [0.717, 1.165) is 29.7 Å². The molecule has 0 radical (unpaired) electrons. The standard InChI is InChI=1S/C22H19FN2O2/c23-19-8-6-17(7-9-19)18-10-11-24-21(13-18)25-22-15-26-14-20(27-22)12-16-4-2-1-3-5-16/h1-2,4,6-11,13-14H,3,5,12,15H2. The molecule has 0 bridgehead atoms. The molecule has 4 nitrogen and oxygen atoms in total. The average molecular weight is 362 g/mol. The lowest BCUT2D eigenvalue weighted by Crippen LogP contribution is -2.17. The van der Waals surface area contributed by atoms with E-state index in [0.29, 0.717) is 18.1 Å². The minimum atomic E-state index is -0.260. The Labute approximate surface area is 157 Å². The average Bonchev–Trinajstić information content (AvgIpc) is 2.70. The molecule has 1 aromatic carbocycles. The summed E-state index contributed by atoms with van der Waals surface area (Å²) < 4.78 is 24.5. The molecule has 0 spiro atoms. The van der Waals surface area contributed by atoms with E-state index in [2.05, 4.69) is 28.2 Å². The molecule has 0 saturated carbocycles. The summed E-state index contributed by atoms with van der Waals surface area (Å²) in [7, 11) is 0. The van der Waals surface area contributed by atoms with Crippen LogP contribution in [0.1, 0.15) is 19.3 Å². The minimum absolute atomic E-state index is 0.260. The molecule has 1 aromatic heterocycles. The summed E-state index contributed by atoms with van der Waals surface area (Å²) in [6, 6.07) is 10.0. The second-order valence-electron chi connectivity index (χ2n) is 6.38. The number of aliphatic imine (C=N–C) groups is 1. The number of hydrogen-bond donors (Lipinski definition) is 0. The highest BCUT2D eigenvalue weighted by Gasteiger charge is 2.15. The van der Waals surface area contributed by atoms with Crippen LogP contribution in [0.25, 0.3) is 11.1 Å². The summed E-state index contributed by atoms with van der Waals surface area (Å²) in [6.07, 6.45) is 12.5. The second kappa shape index (κ2) is 7.99. The molecular formula is C22H19FN2O2. The Kier molecular flexibility index (Phi) is 5.10. The summed E-state index contributed by atoms with van der Waals surface area (Å²) in [5, 5.41) is 0. The van der Waals surface area contributed by atoms with Crippen molar-refractivity contribution in [1.29, 1.82) is 0 Å². The van der Waals surface area contributed by atoms with Crippen LogP contribution in [0.2, 0.25) is 0 Å². The van der Waals surface area contributed by atoms with Gasteiger partial charge in [0.25, 0.3) is 0 Å².